The number of nitrogens with one attached hydrogen (secondary N) is 1. The van der Waals surface area contributed by atoms with Gasteiger partial charge in [0, 0.05) is 23.9 Å². The minimum absolute atomic E-state index is 0.107. The molecule has 0 unspecified atom stereocenters. The van der Waals surface area contributed by atoms with Crippen molar-refractivity contribution < 1.29 is 9.18 Å². The molecule has 0 bridgehead atoms. The van der Waals surface area contributed by atoms with Crippen molar-refractivity contribution in [1.29, 1.82) is 0 Å². The SMILES string of the molecule is O=Cc1ccnc2cc(Cc3ccc(Cl)c(F)c3)[nH]c12. The van der Waals surface area contributed by atoms with E-state index < -0.39 is 5.82 Å². The van der Waals surface area contributed by atoms with E-state index in [1.54, 1.807) is 18.3 Å². The van der Waals surface area contributed by atoms with Crippen molar-refractivity contribution in [2.75, 3.05) is 0 Å². The Bertz CT molecular complexity index is 798. The summed E-state index contributed by atoms with van der Waals surface area (Å²) >= 11 is 5.66. The first-order valence-corrected chi connectivity index (χ1v) is 6.41. The number of pyridine rings is 1. The van der Waals surface area contributed by atoms with Crippen LogP contribution in [0.5, 0.6) is 0 Å². The number of rotatable bonds is 3. The molecule has 0 atom stereocenters. The van der Waals surface area contributed by atoms with E-state index in [-0.39, 0.29) is 5.02 Å². The molecule has 1 aromatic carbocycles. The van der Waals surface area contributed by atoms with E-state index in [0.717, 1.165) is 23.1 Å². The maximum absolute atomic E-state index is 13.4. The Morgan fingerprint density at radius 1 is 1.30 bits per heavy atom. The first-order chi connectivity index (χ1) is 9.67. The zero-order valence-corrected chi connectivity index (χ0v) is 11.1. The van der Waals surface area contributed by atoms with Crippen molar-refractivity contribution in [2.45, 2.75) is 6.42 Å². The summed E-state index contributed by atoms with van der Waals surface area (Å²) in [6, 6.07) is 8.21. The van der Waals surface area contributed by atoms with Crippen LogP contribution < -0.4 is 0 Å². The van der Waals surface area contributed by atoms with Gasteiger partial charge in [-0.2, -0.15) is 0 Å². The molecule has 20 heavy (non-hydrogen) atoms. The fourth-order valence-electron chi connectivity index (χ4n) is 2.16. The number of hydrogen-bond acceptors (Lipinski definition) is 2. The molecule has 0 saturated carbocycles. The van der Waals surface area contributed by atoms with E-state index >= 15 is 0 Å². The number of nitrogens with zero attached hydrogens (tertiary/aromatic N) is 1. The lowest BCUT2D eigenvalue weighted by Crippen LogP contribution is -1.90. The summed E-state index contributed by atoms with van der Waals surface area (Å²) in [5.74, 6) is -0.438. The molecule has 0 spiro atoms. The molecule has 0 saturated heterocycles. The number of aromatic nitrogens is 2. The minimum atomic E-state index is -0.438. The number of aromatic amines is 1. The zero-order chi connectivity index (χ0) is 14.1. The fraction of sp³-hybridized carbons (Fsp3) is 0.0667. The highest BCUT2D eigenvalue weighted by Crippen LogP contribution is 2.20. The molecule has 0 amide bonds. The van der Waals surface area contributed by atoms with Crippen molar-refractivity contribution in [3.05, 3.63) is 64.2 Å². The molecule has 3 nitrogen and oxygen atoms in total. The number of hydrogen-bond donors (Lipinski definition) is 1. The summed E-state index contributed by atoms with van der Waals surface area (Å²) < 4.78 is 13.4. The molecule has 0 radical (unpaired) electrons. The second-order valence-corrected chi connectivity index (χ2v) is 4.91. The van der Waals surface area contributed by atoms with E-state index in [1.807, 2.05) is 6.07 Å². The first kappa shape index (κ1) is 12.8. The second kappa shape index (κ2) is 5.06. The summed E-state index contributed by atoms with van der Waals surface area (Å²) in [4.78, 5) is 18.3. The summed E-state index contributed by atoms with van der Waals surface area (Å²) in [5.41, 5.74) is 3.64. The van der Waals surface area contributed by atoms with E-state index in [9.17, 15) is 9.18 Å². The Balaban J connectivity index is 1.98. The second-order valence-electron chi connectivity index (χ2n) is 4.50. The van der Waals surface area contributed by atoms with Crippen LogP contribution in [0.25, 0.3) is 11.0 Å². The number of aldehydes is 1. The van der Waals surface area contributed by atoms with Gasteiger partial charge in [-0.1, -0.05) is 17.7 Å². The number of halogens is 2. The van der Waals surface area contributed by atoms with Crippen molar-refractivity contribution in [1.82, 2.24) is 9.97 Å². The average molecular weight is 289 g/mol. The van der Waals surface area contributed by atoms with E-state index in [1.165, 1.54) is 12.1 Å². The van der Waals surface area contributed by atoms with Gasteiger partial charge in [0.2, 0.25) is 0 Å². The fourth-order valence-corrected chi connectivity index (χ4v) is 2.28. The monoisotopic (exact) mass is 288 g/mol. The van der Waals surface area contributed by atoms with Gasteiger partial charge in [-0.25, -0.2) is 4.39 Å². The van der Waals surface area contributed by atoms with Crippen LogP contribution in [-0.4, -0.2) is 16.3 Å². The van der Waals surface area contributed by atoms with Crippen molar-refractivity contribution in [2.24, 2.45) is 0 Å². The standard InChI is InChI=1S/C15H10ClFN2O/c16-12-2-1-9(6-13(12)17)5-11-7-14-15(19-11)10(8-20)3-4-18-14/h1-4,6-8,19H,5H2. The summed E-state index contributed by atoms with van der Waals surface area (Å²) in [5, 5.41) is 0.107. The number of carbonyl (C=O) groups excluding carboxylic acids is 1. The highest BCUT2D eigenvalue weighted by atomic mass is 35.5. The Morgan fingerprint density at radius 2 is 2.15 bits per heavy atom. The molecular formula is C15H10ClFN2O. The summed E-state index contributed by atoms with van der Waals surface area (Å²) in [6.07, 6.45) is 2.89. The Hall–Kier alpha value is -2.20. The van der Waals surface area contributed by atoms with Crippen LogP contribution in [0.3, 0.4) is 0 Å². The van der Waals surface area contributed by atoms with Gasteiger partial charge in [-0.05, 0) is 29.8 Å². The number of fused-ring (bicyclic) bond motifs is 1. The molecule has 1 N–H and O–H groups in total. The molecule has 2 heterocycles. The van der Waals surface area contributed by atoms with Crippen LogP contribution in [0.4, 0.5) is 4.39 Å². The Labute approximate surface area is 119 Å². The van der Waals surface area contributed by atoms with Gasteiger partial charge in [0.05, 0.1) is 16.1 Å². The van der Waals surface area contributed by atoms with Gasteiger partial charge in [0.15, 0.2) is 6.29 Å². The number of carbonyl (C=O) groups is 1. The summed E-state index contributed by atoms with van der Waals surface area (Å²) in [7, 11) is 0. The van der Waals surface area contributed by atoms with Crippen LogP contribution in [0.2, 0.25) is 5.02 Å². The average Bonchev–Trinajstić information content (AvgIpc) is 2.85. The van der Waals surface area contributed by atoms with Crippen LogP contribution in [0.1, 0.15) is 21.6 Å². The third kappa shape index (κ3) is 2.30. The first-order valence-electron chi connectivity index (χ1n) is 6.03. The lowest BCUT2D eigenvalue weighted by Gasteiger charge is -2.00. The summed E-state index contributed by atoms with van der Waals surface area (Å²) in [6.45, 7) is 0. The van der Waals surface area contributed by atoms with Gasteiger partial charge in [-0.15, -0.1) is 0 Å². The molecule has 0 aliphatic carbocycles. The van der Waals surface area contributed by atoms with Crippen LogP contribution in [0, 0.1) is 5.82 Å². The zero-order valence-electron chi connectivity index (χ0n) is 10.4. The number of benzene rings is 1. The molecule has 100 valence electrons. The van der Waals surface area contributed by atoms with E-state index in [4.69, 9.17) is 11.6 Å². The lowest BCUT2D eigenvalue weighted by atomic mass is 10.1. The Kier molecular flexibility index (Phi) is 3.24. The minimum Gasteiger partial charge on any atom is -0.356 e. The maximum atomic E-state index is 13.4. The molecule has 0 aliphatic rings. The van der Waals surface area contributed by atoms with Gasteiger partial charge >= 0.3 is 0 Å². The topological polar surface area (TPSA) is 45.8 Å². The van der Waals surface area contributed by atoms with Crippen molar-refractivity contribution in [3.63, 3.8) is 0 Å². The predicted molar refractivity (Wildman–Crippen MR) is 75.7 cm³/mol. The maximum Gasteiger partial charge on any atom is 0.152 e. The normalized spacial score (nSPS) is 10.9. The lowest BCUT2D eigenvalue weighted by molar-refractivity contribution is 0.112. The van der Waals surface area contributed by atoms with Crippen LogP contribution >= 0.6 is 11.6 Å². The van der Waals surface area contributed by atoms with E-state index in [0.29, 0.717) is 17.5 Å². The molecule has 0 aliphatic heterocycles. The molecule has 0 fully saturated rings. The van der Waals surface area contributed by atoms with Crippen LogP contribution in [0.15, 0.2) is 36.5 Å². The van der Waals surface area contributed by atoms with Gasteiger partial charge < -0.3 is 4.98 Å². The molecule has 3 aromatic rings. The highest BCUT2D eigenvalue weighted by molar-refractivity contribution is 6.30. The quantitative estimate of drug-likeness (QED) is 0.746. The molecule has 3 rings (SSSR count). The third-order valence-corrected chi connectivity index (χ3v) is 3.42. The van der Waals surface area contributed by atoms with Gasteiger partial charge in [-0.3, -0.25) is 9.78 Å². The third-order valence-electron chi connectivity index (χ3n) is 3.11. The van der Waals surface area contributed by atoms with Crippen molar-refractivity contribution in [3.8, 4) is 0 Å². The molecular weight excluding hydrogens is 279 g/mol. The molecule has 2 aromatic heterocycles. The van der Waals surface area contributed by atoms with Gasteiger partial charge in [0.1, 0.15) is 5.82 Å². The van der Waals surface area contributed by atoms with E-state index in [2.05, 4.69) is 9.97 Å². The number of H-pyrrole nitrogens is 1. The van der Waals surface area contributed by atoms with Gasteiger partial charge in [0.25, 0.3) is 0 Å². The molecule has 5 heteroatoms. The smallest absolute Gasteiger partial charge is 0.152 e. The predicted octanol–water partition coefficient (Wildman–Crippen LogP) is 3.76. The Morgan fingerprint density at radius 3 is 2.90 bits per heavy atom. The highest BCUT2D eigenvalue weighted by Gasteiger charge is 2.08. The largest absolute Gasteiger partial charge is 0.356 e. The van der Waals surface area contributed by atoms with Crippen LogP contribution in [-0.2, 0) is 6.42 Å². The van der Waals surface area contributed by atoms with Crippen molar-refractivity contribution >= 4 is 28.9 Å².